The van der Waals surface area contributed by atoms with Crippen molar-refractivity contribution in [1.82, 2.24) is 20.0 Å². The first-order chi connectivity index (χ1) is 10.8. The average Bonchev–Trinajstić information content (AvgIpc) is 3.02. The van der Waals surface area contributed by atoms with Crippen molar-refractivity contribution in [2.75, 3.05) is 6.61 Å². The lowest BCUT2D eigenvalue weighted by Crippen LogP contribution is -2.25. The van der Waals surface area contributed by atoms with E-state index < -0.39 is 0 Å². The molecule has 2 fully saturated rings. The Morgan fingerprint density at radius 3 is 3.09 bits per heavy atom. The van der Waals surface area contributed by atoms with Crippen LogP contribution >= 0.6 is 0 Å². The van der Waals surface area contributed by atoms with Gasteiger partial charge in [0.15, 0.2) is 5.82 Å². The first kappa shape index (κ1) is 13.5. The zero-order chi connectivity index (χ0) is 14.9. The summed E-state index contributed by atoms with van der Waals surface area (Å²) in [5.41, 5.74) is 0.686. The summed E-state index contributed by atoms with van der Waals surface area (Å²) in [6.45, 7) is 0.988. The summed E-state index contributed by atoms with van der Waals surface area (Å²) < 4.78 is 12.7. The van der Waals surface area contributed by atoms with E-state index in [9.17, 15) is 4.79 Å². The molecule has 116 valence electrons. The van der Waals surface area contributed by atoms with Crippen LogP contribution in [0.1, 0.15) is 60.0 Å². The van der Waals surface area contributed by atoms with Gasteiger partial charge in [-0.1, -0.05) is 5.16 Å². The zero-order valence-electron chi connectivity index (χ0n) is 12.2. The standard InChI is InChI=1S/C15H18N4O3/c20-14(11-3-1-7-19(11)10-5-6-10)16-9-13-17-15(22-18-13)12-4-2-8-21-12/h1,3,7,10,12H,2,4-6,8-9H2,(H,16,20)/t12-/m0/s1. The molecule has 3 heterocycles. The smallest absolute Gasteiger partial charge is 0.268 e. The van der Waals surface area contributed by atoms with Gasteiger partial charge in [0.25, 0.3) is 11.8 Å². The Hall–Kier alpha value is -2.15. The van der Waals surface area contributed by atoms with E-state index in [-0.39, 0.29) is 18.6 Å². The molecule has 2 aromatic heterocycles. The van der Waals surface area contributed by atoms with E-state index in [1.54, 1.807) is 0 Å². The van der Waals surface area contributed by atoms with Gasteiger partial charge in [-0.05, 0) is 37.8 Å². The van der Waals surface area contributed by atoms with Crippen LogP contribution in [0.2, 0.25) is 0 Å². The highest BCUT2D eigenvalue weighted by molar-refractivity contribution is 5.92. The number of carbonyl (C=O) groups is 1. The SMILES string of the molecule is O=C(NCc1noc([C@@H]2CCCO2)n1)c1cccn1C1CC1. The summed E-state index contributed by atoms with van der Waals surface area (Å²) in [5, 5.41) is 6.74. The van der Waals surface area contributed by atoms with Gasteiger partial charge in [-0.3, -0.25) is 4.79 Å². The molecule has 7 nitrogen and oxygen atoms in total. The second-order valence-corrected chi connectivity index (χ2v) is 5.77. The van der Waals surface area contributed by atoms with Crippen LogP contribution in [0.4, 0.5) is 0 Å². The number of nitrogens with one attached hydrogen (secondary N) is 1. The highest BCUT2D eigenvalue weighted by Gasteiger charge is 2.27. The number of rotatable bonds is 5. The van der Waals surface area contributed by atoms with Gasteiger partial charge in [0.05, 0.1) is 6.54 Å². The van der Waals surface area contributed by atoms with Crippen LogP contribution in [0.5, 0.6) is 0 Å². The molecule has 0 spiro atoms. The summed E-state index contributed by atoms with van der Waals surface area (Å²) in [5.74, 6) is 0.867. The molecule has 0 unspecified atom stereocenters. The van der Waals surface area contributed by atoms with Crippen LogP contribution in [0.3, 0.4) is 0 Å². The van der Waals surface area contributed by atoms with Crippen molar-refractivity contribution < 1.29 is 14.1 Å². The van der Waals surface area contributed by atoms with Gasteiger partial charge >= 0.3 is 0 Å². The van der Waals surface area contributed by atoms with E-state index >= 15 is 0 Å². The van der Waals surface area contributed by atoms with Crippen molar-refractivity contribution in [2.24, 2.45) is 0 Å². The Morgan fingerprint density at radius 1 is 1.41 bits per heavy atom. The van der Waals surface area contributed by atoms with Crippen molar-refractivity contribution in [3.63, 3.8) is 0 Å². The third kappa shape index (κ3) is 2.64. The molecule has 1 N–H and O–H groups in total. The van der Waals surface area contributed by atoms with Crippen LogP contribution in [0.25, 0.3) is 0 Å². The fraction of sp³-hybridized carbons (Fsp3) is 0.533. The molecule has 1 aliphatic heterocycles. The molecule has 4 rings (SSSR count). The fourth-order valence-electron chi connectivity index (χ4n) is 2.75. The molecule has 0 aromatic carbocycles. The highest BCUT2D eigenvalue weighted by atomic mass is 16.5. The van der Waals surface area contributed by atoms with Gasteiger partial charge in [0, 0.05) is 18.8 Å². The normalized spacial score (nSPS) is 21.2. The monoisotopic (exact) mass is 302 g/mol. The number of amides is 1. The lowest BCUT2D eigenvalue weighted by molar-refractivity contribution is 0.0835. The molecule has 7 heteroatoms. The molecule has 2 aliphatic rings. The van der Waals surface area contributed by atoms with E-state index in [0.29, 0.717) is 23.5 Å². The van der Waals surface area contributed by atoms with Crippen LogP contribution in [0.15, 0.2) is 22.9 Å². The first-order valence-electron chi connectivity index (χ1n) is 7.70. The minimum Gasteiger partial charge on any atom is -0.368 e. The maximum Gasteiger partial charge on any atom is 0.268 e. The summed E-state index contributed by atoms with van der Waals surface area (Å²) in [6, 6.07) is 4.21. The van der Waals surface area contributed by atoms with E-state index in [0.717, 1.165) is 32.3 Å². The summed E-state index contributed by atoms with van der Waals surface area (Å²) in [7, 11) is 0. The number of ether oxygens (including phenoxy) is 1. The predicted molar refractivity (Wildman–Crippen MR) is 76.1 cm³/mol. The highest BCUT2D eigenvalue weighted by Crippen LogP contribution is 2.36. The Balaban J connectivity index is 1.37. The Kier molecular flexibility index (Phi) is 3.42. The molecule has 1 atom stereocenters. The number of nitrogens with zero attached hydrogens (tertiary/aromatic N) is 3. The summed E-state index contributed by atoms with van der Waals surface area (Å²) >= 11 is 0. The largest absolute Gasteiger partial charge is 0.368 e. The Labute approximate surface area is 127 Å². The summed E-state index contributed by atoms with van der Waals surface area (Å²) in [4.78, 5) is 16.5. The van der Waals surface area contributed by atoms with E-state index in [4.69, 9.17) is 9.26 Å². The van der Waals surface area contributed by atoms with E-state index in [1.807, 2.05) is 22.9 Å². The van der Waals surface area contributed by atoms with Crippen molar-refractivity contribution in [2.45, 2.75) is 44.4 Å². The topological polar surface area (TPSA) is 82.2 Å². The minimum absolute atomic E-state index is 0.0935. The molecule has 1 saturated heterocycles. The van der Waals surface area contributed by atoms with Gasteiger partial charge in [0.1, 0.15) is 11.8 Å². The van der Waals surface area contributed by atoms with Crippen LogP contribution < -0.4 is 5.32 Å². The Morgan fingerprint density at radius 2 is 2.32 bits per heavy atom. The van der Waals surface area contributed by atoms with Crippen LogP contribution in [-0.4, -0.2) is 27.2 Å². The third-order valence-corrected chi connectivity index (χ3v) is 4.05. The first-order valence-corrected chi connectivity index (χ1v) is 7.70. The molecular weight excluding hydrogens is 284 g/mol. The molecule has 1 aliphatic carbocycles. The lowest BCUT2D eigenvalue weighted by Gasteiger charge is -2.07. The Bertz CT molecular complexity index is 668. The molecule has 2 aromatic rings. The van der Waals surface area contributed by atoms with Gasteiger partial charge in [0.2, 0.25) is 0 Å². The molecule has 22 heavy (non-hydrogen) atoms. The van der Waals surface area contributed by atoms with Crippen molar-refractivity contribution in [1.29, 1.82) is 0 Å². The second-order valence-electron chi connectivity index (χ2n) is 5.77. The lowest BCUT2D eigenvalue weighted by atomic mass is 10.2. The van der Waals surface area contributed by atoms with Crippen LogP contribution in [0, 0.1) is 0 Å². The maximum atomic E-state index is 12.3. The van der Waals surface area contributed by atoms with Gasteiger partial charge in [-0.25, -0.2) is 0 Å². The van der Waals surface area contributed by atoms with Crippen molar-refractivity contribution in [3.8, 4) is 0 Å². The zero-order valence-corrected chi connectivity index (χ0v) is 12.2. The third-order valence-electron chi connectivity index (χ3n) is 4.05. The van der Waals surface area contributed by atoms with Gasteiger partial charge in [-0.2, -0.15) is 4.98 Å². The predicted octanol–water partition coefficient (Wildman–Crippen LogP) is 1.99. The average molecular weight is 302 g/mol. The number of hydrogen-bond donors (Lipinski definition) is 1. The van der Waals surface area contributed by atoms with Gasteiger partial charge in [-0.15, -0.1) is 0 Å². The molecule has 1 amide bonds. The van der Waals surface area contributed by atoms with Crippen molar-refractivity contribution >= 4 is 5.91 Å². The van der Waals surface area contributed by atoms with Crippen molar-refractivity contribution in [3.05, 3.63) is 35.7 Å². The van der Waals surface area contributed by atoms with Crippen LogP contribution in [-0.2, 0) is 11.3 Å². The number of hydrogen-bond acceptors (Lipinski definition) is 5. The minimum atomic E-state index is -0.111. The molecule has 0 bridgehead atoms. The number of carbonyl (C=O) groups excluding carboxylic acids is 1. The summed E-state index contributed by atoms with van der Waals surface area (Å²) in [6.07, 6.45) is 6.06. The molecule has 1 saturated carbocycles. The quantitative estimate of drug-likeness (QED) is 0.913. The van der Waals surface area contributed by atoms with E-state index in [1.165, 1.54) is 0 Å². The molecule has 0 radical (unpaired) electrons. The maximum absolute atomic E-state index is 12.3. The second kappa shape index (κ2) is 5.57. The number of aromatic nitrogens is 3. The molecular formula is C15H18N4O3. The van der Waals surface area contributed by atoms with Gasteiger partial charge < -0.3 is 19.1 Å². The van der Waals surface area contributed by atoms with E-state index in [2.05, 4.69) is 15.5 Å². The fourth-order valence-corrected chi connectivity index (χ4v) is 2.75.